The first kappa shape index (κ1) is 15.2. The van der Waals surface area contributed by atoms with E-state index in [0.29, 0.717) is 11.5 Å². The first-order valence-corrected chi connectivity index (χ1v) is 8.45. The lowest BCUT2D eigenvalue weighted by molar-refractivity contribution is -0.0381. The third kappa shape index (κ3) is 2.57. The van der Waals surface area contributed by atoms with Crippen LogP contribution in [0.15, 0.2) is 42.5 Å². The third-order valence-electron chi connectivity index (χ3n) is 5.14. The SMILES string of the molecule is Cc1ccc2c(c1)[C@H]1OCCC[C@@H]1[C@H](c1ccc(C(=O)O)cc1)N2. The van der Waals surface area contributed by atoms with E-state index in [9.17, 15) is 4.79 Å². The van der Waals surface area contributed by atoms with Crippen LogP contribution in [-0.4, -0.2) is 17.7 Å². The first-order chi connectivity index (χ1) is 11.6. The van der Waals surface area contributed by atoms with E-state index in [-0.39, 0.29) is 12.1 Å². The van der Waals surface area contributed by atoms with E-state index in [1.807, 2.05) is 12.1 Å². The zero-order chi connectivity index (χ0) is 16.7. The Morgan fingerprint density at radius 1 is 1.21 bits per heavy atom. The zero-order valence-corrected chi connectivity index (χ0v) is 13.7. The van der Waals surface area contributed by atoms with Gasteiger partial charge in [-0.05, 0) is 43.5 Å². The van der Waals surface area contributed by atoms with Crippen LogP contribution >= 0.6 is 0 Å². The van der Waals surface area contributed by atoms with Crippen molar-refractivity contribution in [3.63, 3.8) is 0 Å². The smallest absolute Gasteiger partial charge is 0.335 e. The van der Waals surface area contributed by atoms with E-state index >= 15 is 0 Å². The van der Waals surface area contributed by atoms with Gasteiger partial charge in [0, 0.05) is 23.8 Å². The fraction of sp³-hybridized carbons (Fsp3) is 0.350. The lowest BCUT2D eigenvalue weighted by atomic mass is 9.77. The molecule has 24 heavy (non-hydrogen) atoms. The predicted molar refractivity (Wildman–Crippen MR) is 92.4 cm³/mol. The summed E-state index contributed by atoms with van der Waals surface area (Å²) < 4.78 is 6.14. The van der Waals surface area contributed by atoms with Crippen LogP contribution in [0.4, 0.5) is 5.69 Å². The van der Waals surface area contributed by atoms with Gasteiger partial charge in [0.15, 0.2) is 0 Å². The second-order valence-corrected chi connectivity index (χ2v) is 6.74. The van der Waals surface area contributed by atoms with Crippen LogP contribution in [0.1, 0.15) is 52.0 Å². The molecule has 0 aliphatic carbocycles. The van der Waals surface area contributed by atoms with Gasteiger partial charge in [0.25, 0.3) is 0 Å². The molecule has 0 radical (unpaired) electrons. The monoisotopic (exact) mass is 323 g/mol. The van der Waals surface area contributed by atoms with Gasteiger partial charge in [-0.2, -0.15) is 0 Å². The minimum absolute atomic E-state index is 0.110. The maximum atomic E-state index is 11.1. The van der Waals surface area contributed by atoms with Gasteiger partial charge in [-0.15, -0.1) is 0 Å². The van der Waals surface area contributed by atoms with Gasteiger partial charge in [-0.25, -0.2) is 4.79 Å². The largest absolute Gasteiger partial charge is 0.478 e. The van der Waals surface area contributed by atoms with Gasteiger partial charge in [-0.1, -0.05) is 29.8 Å². The highest BCUT2D eigenvalue weighted by Gasteiger charge is 2.39. The Labute approximate surface area is 141 Å². The highest BCUT2D eigenvalue weighted by molar-refractivity contribution is 5.87. The standard InChI is InChI=1S/C20H21NO3/c1-12-4-9-17-16(11-12)19-15(3-2-10-24-19)18(21-17)13-5-7-14(8-6-13)20(22)23/h4-9,11,15,18-19,21H,2-3,10H2,1H3,(H,22,23)/t15-,18+,19+/m1/s1. The molecule has 0 unspecified atom stereocenters. The highest BCUT2D eigenvalue weighted by atomic mass is 16.5. The quantitative estimate of drug-likeness (QED) is 0.864. The Bertz CT molecular complexity index is 769. The summed E-state index contributed by atoms with van der Waals surface area (Å²) in [4.78, 5) is 11.1. The number of nitrogens with one attached hydrogen (secondary N) is 1. The topological polar surface area (TPSA) is 58.6 Å². The second kappa shape index (κ2) is 5.95. The Balaban J connectivity index is 1.73. The minimum Gasteiger partial charge on any atom is -0.478 e. The number of rotatable bonds is 2. The number of anilines is 1. The molecule has 2 aliphatic heterocycles. The van der Waals surface area contributed by atoms with Gasteiger partial charge in [0.1, 0.15) is 0 Å². The maximum absolute atomic E-state index is 11.1. The van der Waals surface area contributed by atoms with Gasteiger partial charge in [0.2, 0.25) is 0 Å². The zero-order valence-electron chi connectivity index (χ0n) is 13.7. The number of carboxylic acid groups (broad SMARTS) is 1. The van der Waals surface area contributed by atoms with Crippen molar-refractivity contribution in [2.75, 3.05) is 11.9 Å². The molecule has 0 saturated carbocycles. The first-order valence-electron chi connectivity index (χ1n) is 8.45. The molecule has 0 bridgehead atoms. The van der Waals surface area contributed by atoms with Gasteiger partial charge in [-0.3, -0.25) is 0 Å². The molecule has 4 heteroatoms. The minimum atomic E-state index is -0.891. The van der Waals surface area contributed by atoms with Gasteiger partial charge >= 0.3 is 5.97 Å². The summed E-state index contributed by atoms with van der Waals surface area (Å²) >= 11 is 0. The molecule has 2 aromatic carbocycles. The predicted octanol–water partition coefficient (Wildman–Crippen LogP) is 4.33. The third-order valence-corrected chi connectivity index (χ3v) is 5.14. The molecule has 2 heterocycles. The molecule has 2 aliphatic rings. The number of aromatic carboxylic acids is 1. The van der Waals surface area contributed by atoms with E-state index in [2.05, 4.69) is 30.4 Å². The second-order valence-electron chi connectivity index (χ2n) is 6.74. The molecule has 1 fully saturated rings. The Hall–Kier alpha value is -2.33. The van der Waals surface area contributed by atoms with Crippen LogP contribution in [0.3, 0.4) is 0 Å². The Kier molecular flexibility index (Phi) is 3.77. The van der Waals surface area contributed by atoms with Crippen molar-refractivity contribution < 1.29 is 14.6 Å². The molecule has 4 rings (SSSR count). The average Bonchev–Trinajstić information content (AvgIpc) is 2.61. The van der Waals surface area contributed by atoms with Crippen LogP contribution < -0.4 is 5.32 Å². The number of benzene rings is 2. The maximum Gasteiger partial charge on any atom is 0.335 e. The number of hydrogen-bond acceptors (Lipinski definition) is 3. The van der Waals surface area contributed by atoms with Gasteiger partial charge in [0.05, 0.1) is 17.7 Å². The molecule has 2 aromatic rings. The molecule has 0 spiro atoms. The van der Waals surface area contributed by atoms with E-state index < -0.39 is 5.97 Å². The van der Waals surface area contributed by atoms with Crippen LogP contribution in [0.2, 0.25) is 0 Å². The fourth-order valence-electron chi connectivity index (χ4n) is 3.95. The van der Waals surface area contributed by atoms with Crippen LogP contribution in [0.5, 0.6) is 0 Å². The summed E-state index contributed by atoms with van der Waals surface area (Å²) in [5.41, 5.74) is 5.05. The summed E-state index contributed by atoms with van der Waals surface area (Å²) in [5, 5.41) is 12.8. The molecular weight excluding hydrogens is 302 g/mol. The number of aryl methyl sites for hydroxylation is 1. The van der Waals surface area contributed by atoms with Crippen molar-refractivity contribution in [1.29, 1.82) is 0 Å². The number of ether oxygens (including phenoxy) is 1. The molecule has 2 N–H and O–H groups in total. The molecule has 0 aromatic heterocycles. The van der Waals surface area contributed by atoms with Crippen LogP contribution in [0.25, 0.3) is 0 Å². The van der Waals surface area contributed by atoms with Crippen molar-refractivity contribution in [3.05, 3.63) is 64.7 Å². The van der Waals surface area contributed by atoms with Crippen molar-refractivity contribution >= 4 is 11.7 Å². The van der Waals surface area contributed by atoms with Crippen molar-refractivity contribution in [2.24, 2.45) is 5.92 Å². The Morgan fingerprint density at radius 2 is 2.00 bits per heavy atom. The fourth-order valence-corrected chi connectivity index (χ4v) is 3.95. The highest BCUT2D eigenvalue weighted by Crippen LogP contribution is 2.49. The average molecular weight is 323 g/mol. The van der Waals surface area contributed by atoms with Crippen LogP contribution in [-0.2, 0) is 4.74 Å². The van der Waals surface area contributed by atoms with Crippen molar-refractivity contribution in [3.8, 4) is 0 Å². The number of fused-ring (bicyclic) bond motifs is 3. The molecule has 0 amide bonds. The Morgan fingerprint density at radius 3 is 2.75 bits per heavy atom. The molecule has 4 nitrogen and oxygen atoms in total. The summed E-state index contributed by atoms with van der Waals surface area (Å²) in [6.45, 7) is 2.91. The molecular formula is C20H21NO3. The van der Waals surface area contributed by atoms with Crippen LogP contribution in [0, 0.1) is 12.8 Å². The summed E-state index contributed by atoms with van der Waals surface area (Å²) in [6, 6.07) is 13.8. The van der Waals surface area contributed by atoms with E-state index in [1.165, 1.54) is 11.1 Å². The van der Waals surface area contributed by atoms with Crippen molar-refractivity contribution in [2.45, 2.75) is 31.9 Å². The molecule has 3 atom stereocenters. The van der Waals surface area contributed by atoms with Crippen molar-refractivity contribution in [1.82, 2.24) is 0 Å². The summed E-state index contributed by atoms with van der Waals surface area (Å²) in [7, 11) is 0. The number of carboxylic acids is 1. The summed E-state index contributed by atoms with van der Waals surface area (Å²) in [5.74, 6) is -0.526. The lowest BCUT2D eigenvalue weighted by Crippen LogP contribution is -2.36. The van der Waals surface area contributed by atoms with E-state index in [1.54, 1.807) is 12.1 Å². The molecule has 1 saturated heterocycles. The summed E-state index contributed by atoms with van der Waals surface area (Å²) in [6.07, 6.45) is 2.28. The molecule has 124 valence electrons. The van der Waals surface area contributed by atoms with E-state index in [4.69, 9.17) is 9.84 Å². The van der Waals surface area contributed by atoms with Gasteiger partial charge < -0.3 is 15.2 Å². The number of carbonyl (C=O) groups is 1. The van der Waals surface area contributed by atoms with E-state index in [0.717, 1.165) is 30.7 Å². The normalized spacial score (nSPS) is 25.3. The lowest BCUT2D eigenvalue weighted by Gasteiger charge is -2.43. The number of hydrogen-bond donors (Lipinski definition) is 2.